The summed E-state index contributed by atoms with van der Waals surface area (Å²) in [4.78, 5) is 0.168. The molecule has 0 aliphatic heterocycles. The van der Waals surface area contributed by atoms with Crippen molar-refractivity contribution in [2.24, 2.45) is 0 Å². The third-order valence-electron chi connectivity index (χ3n) is 2.88. The average molecular weight is 337 g/mol. The SMILES string of the molecule is CSCCCCCNS(=O)(=O)c1cc(C)c(Cl)c(N)c1. The van der Waals surface area contributed by atoms with Gasteiger partial charge in [-0.25, -0.2) is 13.1 Å². The van der Waals surface area contributed by atoms with E-state index in [0.717, 1.165) is 25.0 Å². The van der Waals surface area contributed by atoms with Crippen LogP contribution >= 0.6 is 23.4 Å². The van der Waals surface area contributed by atoms with Gasteiger partial charge in [-0.15, -0.1) is 0 Å². The van der Waals surface area contributed by atoms with Gasteiger partial charge < -0.3 is 5.73 Å². The smallest absolute Gasteiger partial charge is 0.240 e. The van der Waals surface area contributed by atoms with Crippen molar-refractivity contribution in [3.8, 4) is 0 Å². The number of halogens is 1. The fraction of sp³-hybridized carbons (Fsp3) is 0.538. The molecular formula is C13H21ClN2O2S2. The monoisotopic (exact) mass is 336 g/mol. The van der Waals surface area contributed by atoms with Gasteiger partial charge in [-0.1, -0.05) is 18.0 Å². The van der Waals surface area contributed by atoms with Gasteiger partial charge in [0.1, 0.15) is 0 Å². The molecular weight excluding hydrogens is 316 g/mol. The predicted molar refractivity (Wildman–Crippen MR) is 88.0 cm³/mol. The number of aryl methyl sites for hydroxylation is 1. The fourth-order valence-electron chi connectivity index (χ4n) is 1.76. The summed E-state index contributed by atoms with van der Waals surface area (Å²) >= 11 is 7.73. The maximum absolute atomic E-state index is 12.1. The van der Waals surface area contributed by atoms with Crippen LogP contribution in [0, 0.1) is 6.92 Å². The van der Waals surface area contributed by atoms with Crippen LogP contribution in [0.5, 0.6) is 0 Å². The van der Waals surface area contributed by atoms with Crippen LogP contribution in [0.2, 0.25) is 5.02 Å². The van der Waals surface area contributed by atoms with Gasteiger partial charge in [-0.05, 0) is 49.5 Å². The van der Waals surface area contributed by atoms with Gasteiger partial charge in [-0.3, -0.25) is 0 Å². The molecule has 20 heavy (non-hydrogen) atoms. The second-order valence-electron chi connectivity index (χ2n) is 4.59. The summed E-state index contributed by atoms with van der Waals surface area (Å²) in [5.41, 5.74) is 6.64. The van der Waals surface area contributed by atoms with E-state index < -0.39 is 10.0 Å². The van der Waals surface area contributed by atoms with E-state index in [0.29, 0.717) is 17.1 Å². The van der Waals surface area contributed by atoms with Crippen molar-refractivity contribution >= 4 is 39.1 Å². The highest BCUT2D eigenvalue weighted by molar-refractivity contribution is 7.98. The second-order valence-corrected chi connectivity index (χ2v) is 7.73. The maximum Gasteiger partial charge on any atom is 0.240 e. The van der Waals surface area contributed by atoms with E-state index in [4.69, 9.17) is 17.3 Å². The van der Waals surface area contributed by atoms with Crippen molar-refractivity contribution in [2.75, 3.05) is 24.3 Å². The molecule has 0 bridgehead atoms. The molecule has 1 aromatic rings. The first kappa shape index (κ1) is 17.6. The lowest BCUT2D eigenvalue weighted by Gasteiger charge is -2.10. The highest BCUT2D eigenvalue weighted by atomic mass is 35.5. The van der Waals surface area contributed by atoms with Gasteiger partial charge in [-0.2, -0.15) is 11.8 Å². The minimum atomic E-state index is -3.51. The quantitative estimate of drug-likeness (QED) is 0.565. The van der Waals surface area contributed by atoms with E-state index in [1.807, 2.05) is 0 Å². The first-order valence-electron chi connectivity index (χ1n) is 6.42. The zero-order chi connectivity index (χ0) is 15.2. The molecule has 0 amide bonds. The molecule has 0 saturated heterocycles. The lowest BCUT2D eigenvalue weighted by atomic mass is 10.2. The molecule has 3 N–H and O–H groups in total. The molecule has 4 nitrogen and oxygen atoms in total. The van der Waals surface area contributed by atoms with Crippen LogP contribution in [0.4, 0.5) is 5.69 Å². The average Bonchev–Trinajstić information content (AvgIpc) is 2.39. The predicted octanol–water partition coefficient (Wildman–Crippen LogP) is 3.04. The number of benzene rings is 1. The van der Waals surface area contributed by atoms with Crippen LogP contribution in [-0.2, 0) is 10.0 Å². The van der Waals surface area contributed by atoms with Crippen molar-refractivity contribution in [3.63, 3.8) is 0 Å². The van der Waals surface area contributed by atoms with E-state index in [9.17, 15) is 8.42 Å². The number of thioether (sulfide) groups is 1. The molecule has 1 aromatic carbocycles. The van der Waals surface area contributed by atoms with Crippen molar-refractivity contribution in [2.45, 2.75) is 31.1 Å². The zero-order valence-electron chi connectivity index (χ0n) is 11.8. The lowest BCUT2D eigenvalue weighted by molar-refractivity contribution is 0.576. The minimum absolute atomic E-state index is 0.168. The number of nitrogen functional groups attached to an aromatic ring is 1. The molecule has 0 spiro atoms. The molecule has 0 aliphatic carbocycles. The molecule has 0 unspecified atom stereocenters. The third-order valence-corrected chi connectivity index (χ3v) is 5.54. The molecule has 0 aliphatic rings. The first-order chi connectivity index (χ1) is 9.38. The van der Waals surface area contributed by atoms with Crippen LogP contribution in [0.25, 0.3) is 0 Å². The van der Waals surface area contributed by atoms with E-state index in [-0.39, 0.29) is 10.6 Å². The van der Waals surface area contributed by atoms with Gasteiger partial charge in [0, 0.05) is 6.54 Å². The Morgan fingerprint density at radius 3 is 2.60 bits per heavy atom. The third kappa shape index (κ3) is 5.16. The standard InChI is InChI=1S/C13H21ClN2O2S2/c1-10-8-11(9-12(15)13(10)14)20(17,18)16-6-4-3-5-7-19-2/h8-9,16H,3-7,15H2,1-2H3. The van der Waals surface area contributed by atoms with Gasteiger partial charge in [0.25, 0.3) is 0 Å². The highest BCUT2D eigenvalue weighted by Crippen LogP contribution is 2.26. The summed E-state index contributed by atoms with van der Waals surface area (Å²) in [6.45, 7) is 2.18. The van der Waals surface area contributed by atoms with Gasteiger partial charge >= 0.3 is 0 Å². The Balaban J connectivity index is 2.61. The van der Waals surface area contributed by atoms with Crippen LogP contribution in [0.15, 0.2) is 17.0 Å². The van der Waals surface area contributed by atoms with Gasteiger partial charge in [0.2, 0.25) is 10.0 Å². The van der Waals surface area contributed by atoms with Gasteiger partial charge in [0.15, 0.2) is 0 Å². The second kappa shape index (κ2) is 8.12. The van der Waals surface area contributed by atoms with E-state index in [1.165, 1.54) is 12.1 Å². The first-order valence-corrected chi connectivity index (χ1v) is 9.68. The molecule has 0 radical (unpaired) electrons. The molecule has 0 saturated carbocycles. The van der Waals surface area contributed by atoms with E-state index in [1.54, 1.807) is 18.7 Å². The molecule has 0 fully saturated rings. The number of anilines is 1. The number of nitrogens with two attached hydrogens (primary N) is 1. The lowest BCUT2D eigenvalue weighted by Crippen LogP contribution is -2.25. The van der Waals surface area contributed by atoms with Crippen molar-refractivity contribution in [1.82, 2.24) is 4.72 Å². The summed E-state index contributed by atoms with van der Waals surface area (Å²) in [6.07, 6.45) is 5.03. The number of nitrogens with one attached hydrogen (secondary N) is 1. The Kier molecular flexibility index (Phi) is 7.15. The Morgan fingerprint density at radius 2 is 2.00 bits per heavy atom. The van der Waals surface area contributed by atoms with Crippen LogP contribution < -0.4 is 10.5 Å². The Labute approximate surface area is 130 Å². The topological polar surface area (TPSA) is 72.2 Å². The molecule has 114 valence electrons. The molecule has 1 rings (SSSR count). The van der Waals surface area contributed by atoms with Crippen LogP contribution in [0.1, 0.15) is 24.8 Å². The summed E-state index contributed by atoms with van der Waals surface area (Å²) in [6, 6.07) is 2.93. The van der Waals surface area contributed by atoms with Crippen molar-refractivity contribution < 1.29 is 8.42 Å². The van der Waals surface area contributed by atoms with Gasteiger partial charge in [0.05, 0.1) is 15.6 Å². The van der Waals surface area contributed by atoms with E-state index in [2.05, 4.69) is 11.0 Å². The Hall–Kier alpha value is -0.430. The number of hydrogen-bond donors (Lipinski definition) is 2. The molecule has 0 aromatic heterocycles. The maximum atomic E-state index is 12.1. The van der Waals surface area contributed by atoms with Crippen LogP contribution in [-0.4, -0.2) is 27.0 Å². The summed E-state index contributed by atoms with van der Waals surface area (Å²) < 4.78 is 26.8. The van der Waals surface area contributed by atoms with E-state index >= 15 is 0 Å². The van der Waals surface area contributed by atoms with Crippen molar-refractivity contribution in [3.05, 3.63) is 22.7 Å². The number of unbranched alkanes of at least 4 members (excludes halogenated alkanes) is 2. The Morgan fingerprint density at radius 1 is 1.30 bits per heavy atom. The molecule has 7 heteroatoms. The Bertz CT molecular complexity index is 524. The molecule has 0 heterocycles. The summed E-state index contributed by atoms with van der Waals surface area (Å²) in [5.74, 6) is 1.11. The summed E-state index contributed by atoms with van der Waals surface area (Å²) in [7, 11) is -3.51. The summed E-state index contributed by atoms with van der Waals surface area (Å²) in [5, 5.41) is 0.404. The largest absolute Gasteiger partial charge is 0.397 e. The number of rotatable bonds is 8. The highest BCUT2D eigenvalue weighted by Gasteiger charge is 2.16. The normalized spacial score (nSPS) is 11.8. The van der Waals surface area contributed by atoms with Crippen LogP contribution in [0.3, 0.4) is 0 Å². The minimum Gasteiger partial charge on any atom is -0.397 e. The zero-order valence-corrected chi connectivity index (χ0v) is 14.2. The number of sulfonamides is 1. The number of hydrogen-bond acceptors (Lipinski definition) is 4. The molecule has 0 atom stereocenters. The van der Waals surface area contributed by atoms with Crippen molar-refractivity contribution in [1.29, 1.82) is 0 Å². The fourth-order valence-corrected chi connectivity index (χ4v) is 3.55.